The average molecular weight is 431 g/mol. The first kappa shape index (κ1) is 20.3. The number of fused-ring (bicyclic) bond motifs is 1. The number of aromatic nitrogens is 4. The van der Waals surface area contributed by atoms with Crippen LogP contribution in [0.25, 0.3) is 28.9 Å². The van der Waals surface area contributed by atoms with Gasteiger partial charge in [0.15, 0.2) is 5.82 Å². The van der Waals surface area contributed by atoms with Crippen molar-refractivity contribution in [1.82, 2.24) is 25.1 Å². The van der Waals surface area contributed by atoms with Gasteiger partial charge in [-0.25, -0.2) is 14.6 Å². The summed E-state index contributed by atoms with van der Waals surface area (Å²) in [5.74, 6) is 0.607. The fourth-order valence-corrected chi connectivity index (χ4v) is 3.45. The number of nitrogens with zero attached hydrogens (tertiary/aromatic N) is 4. The standard InChI is InChI=1S/C27H21N5O/c33-27(29-19-21-9-15-26(28-18-21)32-17-3-16-30-32)23-10-6-20(7-11-23)8-13-24-14-12-22-4-1-2-5-25(22)31-24/h1-18H,19H2,(H,29,33). The summed E-state index contributed by atoms with van der Waals surface area (Å²) in [4.78, 5) is 21.5. The van der Waals surface area contributed by atoms with Gasteiger partial charge >= 0.3 is 0 Å². The largest absolute Gasteiger partial charge is 0.348 e. The van der Waals surface area contributed by atoms with Crippen molar-refractivity contribution < 1.29 is 4.79 Å². The minimum absolute atomic E-state index is 0.127. The highest BCUT2D eigenvalue weighted by atomic mass is 16.1. The fraction of sp³-hybridized carbons (Fsp3) is 0.0370. The zero-order chi connectivity index (χ0) is 22.5. The Labute approximate surface area is 191 Å². The molecule has 0 radical (unpaired) electrons. The van der Waals surface area contributed by atoms with E-state index in [1.807, 2.05) is 91.1 Å². The van der Waals surface area contributed by atoms with Crippen molar-refractivity contribution in [2.45, 2.75) is 6.54 Å². The number of benzene rings is 2. The fourth-order valence-electron chi connectivity index (χ4n) is 3.45. The number of hydrogen-bond donors (Lipinski definition) is 1. The number of para-hydroxylation sites is 1. The third-order valence-corrected chi connectivity index (χ3v) is 5.24. The van der Waals surface area contributed by atoms with Crippen LogP contribution < -0.4 is 5.32 Å². The molecule has 160 valence electrons. The molecular weight excluding hydrogens is 410 g/mol. The molecule has 33 heavy (non-hydrogen) atoms. The molecule has 0 atom stereocenters. The Bertz CT molecular complexity index is 1410. The van der Waals surface area contributed by atoms with Crippen molar-refractivity contribution in [1.29, 1.82) is 0 Å². The van der Waals surface area contributed by atoms with Gasteiger partial charge in [-0.15, -0.1) is 0 Å². The minimum Gasteiger partial charge on any atom is -0.348 e. The van der Waals surface area contributed by atoms with Gasteiger partial charge in [0, 0.05) is 36.1 Å². The van der Waals surface area contributed by atoms with Crippen LogP contribution >= 0.6 is 0 Å². The second kappa shape index (κ2) is 9.28. The number of carbonyl (C=O) groups is 1. The van der Waals surface area contributed by atoms with Crippen LogP contribution in [0.5, 0.6) is 0 Å². The van der Waals surface area contributed by atoms with Crippen LogP contribution in [-0.4, -0.2) is 25.7 Å². The number of carbonyl (C=O) groups excluding carboxylic acids is 1. The summed E-state index contributed by atoms with van der Waals surface area (Å²) in [5, 5.41) is 8.21. The summed E-state index contributed by atoms with van der Waals surface area (Å²) in [6.45, 7) is 0.403. The first-order chi connectivity index (χ1) is 16.2. The van der Waals surface area contributed by atoms with Gasteiger partial charge in [0.2, 0.25) is 0 Å². The van der Waals surface area contributed by atoms with E-state index in [1.54, 1.807) is 17.1 Å². The zero-order valence-corrected chi connectivity index (χ0v) is 17.8. The van der Waals surface area contributed by atoms with Gasteiger partial charge in [-0.3, -0.25) is 4.79 Å². The quantitative estimate of drug-likeness (QED) is 0.414. The van der Waals surface area contributed by atoms with Gasteiger partial charge in [0.25, 0.3) is 5.91 Å². The SMILES string of the molecule is O=C(NCc1ccc(-n2cccn2)nc1)c1ccc(C=Cc2ccc3ccccc3n2)cc1. The van der Waals surface area contributed by atoms with Crippen LogP contribution in [0.2, 0.25) is 0 Å². The molecule has 0 bridgehead atoms. The van der Waals surface area contributed by atoms with E-state index >= 15 is 0 Å². The predicted molar refractivity (Wildman–Crippen MR) is 130 cm³/mol. The van der Waals surface area contributed by atoms with E-state index in [0.29, 0.717) is 12.1 Å². The molecule has 0 aliphatic heterocycles. The summed E-state index contributed by atoms with van der Waals surface area (Å²) in [5.41, 5.74) is 4.39. The molecular formula is C27H21N5O. The highest BCUT2D eigenvalue weighted by Gasteiger charge is 2.06. The molecule has 6 nitrogen and oxygen atoms in total. The lowest BCUT2D eigenvalue weighted by molar-refractivity contribution is 0.0951. The Kier molecular flexibility index (Phi) is 5.72. The third-order valence-electron chi connectivity index (χ3n) is 5.24. The van der Waals surface area contributed by atoms with Crippen molar-refractivity contribution in [3.63, 3.8) is 0 Å². The molecule has 0 saturated carbocycles. The lowest BCUT2D eigenvalue weighted by Gasteiger charge is -2.07. The molecule has 5 aromatic rings. The van der Waals surface area contributed by atoms with E-state index in [1.165, 1.54) is 0 Å². The van der Waals surface area contributed by atoms with Crippen LogP contribution in [0, 0.1) is 0 Å². The molecule has 0 unspecified atom stereocenters. The van der Waals surface area contributed by atoms with Crippen molar-refractivity contribution in [3.05, 3.63) is 120 Å². The summed E-state index contributed by atoms with van der Waals surface area (Å²) >= 11 is 0. The van der Waals surface area contributed by atoms with Crippen LogP contribution in [0.3, 0.4) is 0 Å². The number of rotatable bonds is 6. The molecule has 0 saturated heterocycles. The smallest absolute Gasteiger partial charge is 0.251 e. The molecule has 5 rings (SSSR count). The van der Waals surface area contributed by atoms with E-state index in [9.17, 15) is 4.79 Å². The van der Waals surface area contributed by atoms with Crippen LogP contribution in [0.4, 0.5) is 0 Å². The highest BCUT2D eigenvalue weighted by molar-refractivity contribution is 5.94. The van der Waals surface area contributed by atoms with Crippen LogP contribution in [0.1, 0.15) is 27.2 Å². The monoisotopic (exact) mass is 431 g/mol. The second-order valence-corrected chi connectivity index (χ2v) is 7.54. The third kappa shape index (κ3) is 4.85. The number of amides is 1. The number of pyridine rings is 2. The molecule has 0 fully saturated rings. The molecule has 1 amide bonds. The Morgan fingerprint density at radius 3 is 2.58 bits per heavy atom. The van der Waals surface area contributed by atoms with Crippen molar-refractivity contribution in [2.75, 3.05) is 0 Å². The average Bonchev–Trinajstić information content (AvgIpc) is 3.42. The number of nitrogens with one attached hydrogen (secondary N) is 1. The highest BCUT2D eigenvalue weighted by Crippen LogP contribution is 2.14. The molecule has 3 aromatic heterocycles. The van der Waals surface area contributed by atoms with E-state index in [4.69, 9.17) is 0 Å². The molecule has 0 aliphatic rings. The zero-order valence-electron chi connectivity index (χ0n) is 17.8. The van der Waals surface area contributed by atoms with Crippen molar-refractivity contribution in [3.8, 4) is 5.82 Å². The second-order valence-electron chi connectivity index (χ2n) is 7.54. The maximum absolute atomic E-state index is 12.5. The lowest BCUT2D eigenvalue weighted by atomic mass is 10.1. The van der Waals surface area contributed by atoms with Crippen molar-refractivity contribution >= 4 is 29.0 Å². The Morgan fingerprint density at radius 2 is 1.79 bits per heavy atom. The predicted octanol–water partition coefficient (Wildman–Crippen LogP) is 4.92. The summed E-state index contributed by atoms with van der Waals surface area (Å²) < 4.78 is 1.69. The molecule has 0 aliphatic carbocycles. The van der Waals surface area contributed by atoms with Gasteiger partial charge in [0.1, 0.15) is 0 Å². The maximum atomic E-state index is 12.5. The Balaban J connectivity index is 1.19. The van der Waals surface area contributed by atoms with E-state index < -0.39 is 0 Å². The summed E-state index contributed by atoms with van der Waals surface area (Å²) in [6, 6.07) is 25.2. The van der Waals surface area contributed by atoms with E-state index in [2.05, 4.69) is 26.4 Å². The normalized spacial score (nSPS) is 11.2. The lowest BCUT2D eigenvalue weighted by Crippen LogP contribution is -2.22. The maximum Gasteiger partial charge on any atom is 0.251 e. The summed E-state index contributed by atoms with van der Waals surface area (Å²) in [6.07, 6.45) is 9.25. The Morgan fingerprint density at radius 1 is 0.909 bits per heavy atom. The van der Waals surface area contributed by atoms with Crippen LogP contribution in [-0.2, 0) is 6.54 Å². The van der Waals surface area contributed by atoms with Gasteiger partial charge < -0.3 is 5.32 Å². The molecule has 0 spiro atoms. The van der Waals surface area contributed by atoms with Gasteiger partial charge in [0.05, 0.1) is 11.2 Å². The topological polar surface area (TPSA) is 72.7 Å². The van der Waals surface area contributed by atoms with E-state index in [0.717, 1.165) is 33.5 Å². The van der Waals surface area contributed by atoms with Crippen LogP contribution in [0.15, 0.2) is 97.5 Å². The van der Waals surface area contributed by atoms with Gasteiger partial charge in [-0.1, -0.05) is 48.5 Å². The summed E-state index contributed by atoms with van der Waals surface area (Å²) in [7, 11) is 0. The molecule has 6 heteroatoms. The first-order valence-corrected chi connectivity index (χ1v) is 10.6. The first-order valence-electron chi connectivity index (χ1n) is 10.6. The van der Waals surface area contributed by atoms with Crippen molar-refractivity contribution in [2.24, 2.45) is 0 Å². The van der Waals surface area contributed by atoms with Gasteiger partial charge in [-0.05, 0) is 53.6 Å². The minimum atomic E-state index is -0.127. The molecule has 3 heterocycles. The van der Waals surface area contributed by atoms with E-state index in [-0.39, 0.29) is 5.91 Å². The molecule has 2 aromatic carbocycles. The Hall–Kier alpha value is -4.58. The van der Waals surface area contributed by atoms with Gasteiger partial charge in [-0.2, -0.15) is 5.10 Å². The number of hydrogen-bond acceptors (Lipinski definition) is 4. The molecule has 1 N–H and O–H groups in total.